The lowest BCUT2D eigenvalue weighted by atomic mass is 10.2. The van der Waals surface area contributed by atoms with Crippen LogP contribution in [-0.4, -0.2) is 38.1 Å². The molecule has 1 N–H and O–H groups in total. The molecule has 1 rings (SSSR count). The first-order valence-corrected chi connectivity index (χ1v) is 7.55. The maximum atomic E-state index is 11.5. The summed E-state index contributed by atoms with van der Waals surface area (Å²) in [5, 5.41) is 3.10. The standard InChI is InChI=1S/C12H20N2O3S/c1-12(2,18(4,15)16)9-13-8-10-6-5-7-11(14-10)17-3/h5-7,13H,8-9H2,1-4H3. The molecule has 1 aromatic rings. The summed E-state index contributed by atoms with van der Waals surface area (Å²) in [6, 6.07) is 5.48. The minimum absolute atomic E-state index is 0.380. The van der Waals surface area contributed by atoms with Gasteiger partial charge >= 0.3 is 0 Å². The lowest BCUT2D eigenvalue weighted by molar-refractivity contribution is 0.395. The van der Waals surface area contributed by atoms with Crippen molar-refractivity contribution in [3.8, 4) is 5.88 Å². The van der Waals surface area contributed by atoms with E-state index in [1.807, 2.05) is 12.1 Å². The second kappa shape index (κ2) is 5.67. The summed E-state index contributed by atoms with van der Waals surface area (Å²) in [5.41, 5.74) is 0.818. The molecule has 0 unspecified atom stereocenters. The van der Waals surface area contributed by atoms with Crippen molar-refractivity contribution in [3.63, 3.8) is 0 Å². The van der Waals surface area contributed by atoms with Gasteiger partial charge in [0, 0.05) is 25.4 Å². The number of pyridine rings is 1. The summed E-state index contributed by atoms with van der Waals surface area (Å²) in [7, 11) is -1.52. The van der Waals surface area contributed by atoms with E-state index in [1.165, 1.54) is 6.26 Å². The van der Waals surface area contributed by atoms with E-state index in [2.05, 4.69) is 10.3 Å². The number of sulfone groups is 1. The van der Waals surface area contributed by atoms with E-state index in [4.69, 9.17) is 4.74 Å². The van der Waals surface area contributed by atoms with Gasteiger partial charge in [-0.15, -0.1) is 0 Å². The molecule has 0 radical (unpaired) electrons. The Morgan fingerprint density at radius 1 is 1.39 bits per heavy atom. The Kier molecular flexibility index (Phi) is 4.70. The Morgan fingerprint density at radius 2 is 2.06 bits per heavy atom. The van der Waals surface area contributed by atoms with E-state index in [0.29, 0.717) is 19.0 Å². The van der Waals surface area contributed by atoms with Crippen LogP contribution >= 0.6 is 0 Å². The van der Waals surface area contributed by atoms with Gasteiger partial charge in [-0.25, -0.2) is 13.4 Å². The highest BCUT2D eigenvalue weighted by Crippen LogP contribution is 2.13. The Balaban J connectivity index is 2.56. The SMILES string of the molecule is COc1cccc(CNCC(C)(C)S(C)(=O)=O)n1. The average Bonchev–Trinajstić information content (AvgIpc) is 2.27. The first-order valence-electron chi connectivity index (χ1n) is 5.66. The number of hydrogen-bond acceptors (Lipinski definition) is 5. The molecule has 0 fully saturated rings. The molecule has 5 nitrogen and oxygen atoms in total. The zero-order valence-corrected chi connectivity index (χ0v) is 12.0. The summed E-state index contributed by atoms with van der Waals surface area (Å²) in [6.07, 6.45) is 1.25. The third kappa shape index (κ3) is 3.96. The van der Waals surface area contributed by atoms with Crippen LogP contribution in [-0.2, 0) is 16.4 Å². The first kappa shape index (κ1) is 14.9. The van der Waals surface area contributed by atoms with Crippen molar-refractivity contribution in [1.82, 2.24) is 10.3 Å². The van der Waals surface area contributed by atoms with Crippen LogP contribution in [0.25, 0.3) is 0 Å². The van der Waals surface area contributed by atoms with Crippen LogP contribution in [0.4, 0.5) is 0 Å². The van der Waals surface area contributed by atoms with E-state index in [0.717, 1.165) is 5.69 Å². The largest absolute Gasteiger partial charge is 0.481 e. The molecular formula is C12H20N2O3S. The van der Waals surface area contributed by atoms with Crippen LogP contribution in [0.5, 0.6) is 5.88 Å². The Labute approximate surface area is 108 Å². The number of aromatic nitrogens is 1. The van der Waals surface area contributed by atoms with Crippen molar-refractivity contribution >= 4 is 9.84 Å². The molecule has 102 valence electrons. The molecular weight excluding hydrogens is 252 g/mol. The number of rotatable bonds is 6. The Bertz CT molecular complexity index is 498. The van der Waals surface area contributed by atoms with Gasteiger partial charge in [0.1, 0.15) is 0 Å². The molecule has 0 aliphatic carbocycles. The molecule has 1 aromatic heterocycles. The summed E-state index contributed by atoms with van der Waals surface area (Å²) < 4.78 is 27.3. The van der Waals surface area contributed by atoms with E-state index >= 15 is 0 Å². The molecule has 0 spiro atoms. The summed E-state index contributed by atoms with van der Waals surface area (Å²) in [4.78, 5) is 4.24. The molecule has 0 bridgehead atoms. The highest BCUT2D eigenvalue weighted by Gasteiger charge is 2.29. The van der Waals surface area contributed by atoms with E-state index < -0.39 is 14.6 Å². The number of methoxy groups -OCH3 is 1. The lowest BCUT2D eigenvalue weighted by Gasteiger charge is -2.22. The Hall–Kier alpha value is -1.14. The first-order chi connectivity index (χ1) is 8.26. The lowest BCUT2D eigenvalue weighted by Crippen LogP contribution is -2.41. The van der Waals surface area contributed by atoms with Gasteiger partial charge < -0.3 is 10.1 Å². The zero-order valence-electron chi connectivity index (χ0n) is 11.2. The monoisotopic (exact) mass is 272 g/mol. The predicted molar refractivity (Wildman–Crippen MR) is 71.4 cm³/mol. The maximum Gasteiger partial charge on any atom is 0.213 e. The molecule has 0 saturated heterocycles. The smallest absolute Gasteiger partial charge is 0.213 e. The second-order valence-corrected chi connectivity index (χ2v) is 7.46. The van der Waals surface area contributed by atoms with Gasteiger partial charge in [-0.05, 0) is 19.9 Å². The van der Waals surface area contributed by atoms with Crippen molar-refractivity contribution < 1.29 is 13.2 Å². The number of nitrogens with one attached hydrogen (secondary N) is 1. The molecule has 18 heavy (non-hydrogen) atoms. The highest BCUT2D eigenvalue weighted by molar-refractivity contribution is 7.92. The van der Waals surface area contributed by atoms with Gasteiger partial charge in [-0.1, -0.05) is 6.07 Å². The molecule has 0 saturated carbocycles. The fourth-order valence-electron chi connectivity index (χ4n) is 1.29. The summed E-state index contributed by atoms with van der Waals surface area (Å²) in [5.74, 6) is 0.552. The fourth-order valence-corrected chi connectivity index (χ4v) is 1.66. The van der Waals surface area contributed by atoms with Gasteiger partial charge in [-0.2, -0.15) is 0 Å². The number of nitrogens with zero attached hydrogens (tertiary/aromatic N) is 1. The number of hydrogen-bond donors (Lipinski definition) is 1. The van der Waals surface area contributed by atoms with E-state index in [-0.39, 0.29) is 0 Å². The van der Waals surface area contributed by atoms with Crippen LogP contribution in [0.3, 0.4) is 0 Å². The normalized spacial score (nSPS) is 12.4. The minimum Gasteiger partial charge on any atom is -0.481 e. The van der Waals surface area contributed by atoms with Crippen molar-refractivity contribution in [3.05, 3.63) is 23.9 Å². The van der Waals surface area contributed by atoms with Crippen LogP contribution < -0.4 is 10.1 Å². The minimum atomic E-state index is -3.08. The fraction of sp³-hybridized carbons (Fsp3) is 0.583. The van der Waals surface area contributed by atoms with Crippen molar-refractivity contribution in [2.75, 3.05) is 19.9 Å². The van der Waals surface area contributed by atoms with Gasteiger partial charge in [0.05, 0.1) is 17.6 Å². The molecule has 1 heterocycles. The third-order valence-electron chi connectivity index (χ3n) is 2.85. The van der Waals surface area contributed by atoms with Gasteiger partial charge in [0.25, 0.3) is 0 Å². The topological polar surface area (TPSA) is 68.3 Å². The van der Waals surface area contributed by atoms with Crippen LogP contribution in [0, 0.1) is 0 Å². The molecule has 0 aliphatic rings. The third-order valence-corrected chi connectivity index (χ3v) is 5.00. The molecule has 0 atom stereocenters. The molecule has 0 amide bonds. The van der Waals surface area contributed by atoms with E-state index in [1.54, 1.807) is 27.0 Å². The molecule has 0 aromatic carbocycles. The predicted octanol–water partition coefficient (Wildman–Crippen LogP) is 1.00. The Morgan fingerprint density at radius 3 is 2.61 bits per heavy atom. The summed E-state index contributed by atoms with van der Waals surface area (Å²) in [6.45, 7) is 4.30. The second-order valence-electron chi connectivity index (χ2n) is 4.81. The highest BCUT2D eigenvalue weighted by atomic mass is 32.2. The maximum absolute atomic E-state index is 11.5. The van der Waals surface area contributed by atoms with Crippen molar-refractivity contribution in [2.24, 2.45) is 0 Å². The van der Waals surface area contributed by atoms with E-state index in [9.17, 15) is 8.42 Å². The van der Waals surface area contributed by atoms with Crippen LogP contribution in [0.2, 0.25) is 0 Å². The van der Waals surface area contributed by atoms with Crippen LogP contribution in [0.15, 0.2) is 18.2 Å². The molecule has 6 heteroatoms. The quantitative estimate of drug-likeness (QED) is 0.837. The average molecular weight is 272 g/mol. The zero-order chi connectivity index (χ0) is 13.8. The summed E-state index contributed by atoms with van der Waals surface area (Å²) >= 11 is 0. The number of ether oxygens (including phenoxy) is 1. The van der Waals surface area contributed by atoms with Crippen molar-refractivity contribution in [1.29, 1.82) is 0 Å². The van der Waals surface area contributed by atoms with Crippen molar-refractivity contribution in [2.45, 2.75) is 25.1 Å². The van der Waals surface area contributed by atoms with Gasteiger partial charge in [-0.3, -0.25) is 0 Å². The van der Waals surface area contributed by atoms with Gasteiger partial charge in [0.15, 0.2) is 9.84 Å². The molecule has 0 aliphatic heterocycles. The van der Waals surface area contributed by atoms with Crippen LogP contribution in [0.1, 0.15) is 19.5 Å². The van der Waals surface area contributed by atoms with Gasteiger partial charge in [0.2, 0.25) is 5.88 Å².